The van der Waals surface area contributed by atoms with Crippen LogP contribution in [-0.4, -0.2) is 62.4 Å². The van der Waals surface area contributed by atoms with Crippen LogP contribution in [0.25, 0.3) is 11.4 Å². The van der Waals surface area contributed by atoms with Crippen molar-refractivity contribution in [3.8, 4) is 11.4 Å². The van der Waals surface area contributed by atoms with Crippen LogP contribution in [0.4, 0.5) is 14.9 Å². The number of halogens is 1. The minimum absolute atomic E-state index is 0.159. The molecule has 186 valence electrons. The SMILES string of the molecule is Cn1nnnc1-c1cc(CO)cc(NC(=O)NCCCN2CCC[C@@H](Cc3ccc(F)cc3)C2)c1. The second kappa shape index (κ2) is 11.9. The number of hydrogen-bond donors (Lipinski definition) is 3. The van der Waals surface area contributed by atoms with Crippen molar-refractivity contribution in [3.63, 3.8) is 0 Å². The van der Waals surface area contributed by atoms with Crippen molar-refractivity contribution in [1.29, 1.82) is 0 Å². The van der Waals surface area contributed by atoms with Gasteiger partial charge in [0.1, 0.15) is 5.82 Å². The normalized spacial score (nSPS) is 16.3. The van der Waals surface area contributed by atoms with Crippen molar-refractivity contribution in [2.45, 2.75) is 32.3 Å². The molecule has 9 nitrogen and oxygen atoms in total. The molecule has 1 aliphatic heterocycles. The number of aliphatic hydroxyl groups excluding tert-OH is 1. The Bertz CT molecular complexity index is 1120. The van der Waals surface area contributed by atoms with Crippen molar-refractivity contribution < 1.29 is 14.3 Å². The molecule has 3 N–H and O–H groups in total. The van der Waals surface area contributed by atoms with Crippen LogP contribution in [0, 0.1) is 11.7 Å². The van der Waals surface area contributed by atoms with E-state index in [0.29, 0.717) is 35.1 Å². The molecule has 0 aliphatic carbocycles. The maximum atomic E-state index is 13.1. The molecule has 1 aromatic heterocycles. The van der Waals surface area contributed by atoms with E-state index >= 15 is 0 Å². The first-order valence-corrected chi connectivity index (χ1v) is 12.0. The largest absolute Gasteiger partial charge is 0.392 e. The van der Waals surface area contributed by atoms with Gasteiger partial charge in [-0.15, -0.1) is 5.10 Å². The lowest BCUT2D eigenvalue weighted by Crippen LogP contribution is -2.38. The van der Waals surface area contributed by atoms with Crippen molar-refractivity contribution in [2.75, 3.05) is 31.5 Å². The summed E-state index contributed by atoms with van der Waals surface area (Å²) in [5.41, 5.74) is 3.10. The molecule has 2 aromatic carbocycles. The third kappa shape index (κ3) is 7.06. The van der Waals surface area contributed by atoms with Gasteiger partial charge in [0.25, 0.3) is 0 Å². The predicted octanol–water partition coefficient (Wildman–Crippen LogP) is 2.97. The highest BCUT2D eigenvalue weighted by Crippen LogP contribution is 2.23. The smallest absolute Gasteiger partial charge is 0.319 e. The number of aliphatic hydroxyl groups is 1. The Morgan fingerprint density at radius 2 is 2.03 bits per heavy atom. The van der Waals surface area contributed by atoms with Crippen LogP contribution in [0.5, 0.6) is 0 Å². The van der Waals surface area contributed by atoms with Crippen LogP contribution < -0.4 is 10.6 Å². The Kier molecular flexibility index (Phi) is 8.38. The third-order valence-electron chi connectivity index (χ3n) is 6.29. The number of carbonyl (C=O) groups excluding carboxylic acids is 1. The van der Waals surface area contributed by atoms with Gasteiger partial charge < -0.3 is 20.6 Å². The van der Waals surface area contributed by atoms with Gasteiger partial charge in [0.15, 0.2) is 5.82 Å². The number of likely N-dealkylation sites (tertiary alicyclic amines) is 1. The molecule has 0 spiro atoms. The fraction of sp³-hybridized carbons (Fsp3) is 0.440. The summed E-state index contributed by atoms with van der Waals surface area (Å²) in [6.45, 7) is 3.42. The molecule has 0 bridgehead atoms. The number of rotatable bonds is 9. The van der Waals surface area contributed by atoms with Crippen LogP contribution in [0.2, 0.25) is 0 Å². The molecule has 1 aliphatic rings. The Hall–Kier alpha value is -3.37. The number of tetrazole rings is 1. The standard InChI is InChI=1S/C25H32FN7O2/c1-32-24(29-30-31-32)21-13-20(17-34)14-23(15-21)28-25(35)27-9-3-11-33-10-2-4-19(16-33)12-18-5-7-22(26)8-6-18/h5-8,13-15,19,34H,2-4,9-12,16-17H2,1H3,(H2,27,28,35)/t19-/m0/s1. The van der Waals surface area contributed by atoms with E-state index < -0.39 is 0 Å². The minimum atomic E-state index is -0.296. The number of hydrogen-bond acceptors (Lipinski definition) is 6. The number of anilines is 1. The molecule has 35 heavy (non-hydrogen) atoms. The van der Waals surface area contributed by atoms with Gasteiger partial charge in [-0.3, -0.25) is 0 Å². The first-order chi connectivity index (χ1) is 17.0. The van der Waals surface area contributed by atoms with E-state index in [9.17, 15) is 14.3 Å². The van der Waals surface area contributed by atoms with E-state index in [1.165, 1.54) is 28.8 Å². The topological polar surface area (TPSA) is 108 Å². The van der Waals surface area contributed by atoms with Crippen molar-refractivity contribution >= 4 is 11.7 Å². The first-order valence-electron chi connectivity index (χ1n) is 12.0. The van der Waals surface area contributed by atoms with E-state index in [-0.39, 0.29) is 18.5 Å². The number of nitrogens with zero attached hydrogens (tertiary/aromatic N) is 5. The number of benzene rings is 2. The van der Waals surface area contributed by atoms with Crippen molar-refractivity contribution in [3.05, 3.63) is 59.4 Å². The molecular formula is C25H32FN7O2. The monoisotopic (exact) mass is 481 g/mol. The van der Waals surface area contributed by atoms with Gasteiger partial charge in [0.05, 0.1) is 6.61 Å². The number of nitrogens with one attached hydrogen (secondary N) is 2. The summed E-state index contributed by atoms with van der Waals surface area (Å²) in [5.74, 6) is 0.922. The highest BCUT2D eigenvalue weighted by molar-refractivity contribution is 5.90. The molecule has 0 saturated carbocycles. The summed E-state index contributed by atoms with van der Waals surface area (Å²) in [7, 11) is 1.73. The molecule has 0 radical (unpaired) electrons. The zero-order valence-corrected chi connectivity index (χ0v) is 20.0. The Morgan fingerprint density at radius 1 is 1.20 bits per heavy atom. The first kappa shape index (κ1) is 24.7. The molecule has 3 aromatic rings. The van der Waals surface area contributed by atoms with Crippen molar-refractivity contribution in [2.24, 2.45) is 13.0 Å². The van der Waals surface area contributed by atoms with Gasteiger partial charge in [0, 0.05) is 31.4 Å². The minimum Gasteiger partial charge on any atom is -0.392 e. The van der Waals surface area contributed by atoms with Crippen LogP contribution in [-0.2, 0) is 20.1 Å². The second-order valence-corrected chi connectivity index (χ2v) is 9.08. The van der Waals surface area contributed by atoms with Crippen molar-refractivity contribution in [1.82, 2.24) is 30.4 Å². The zero-order chi connectivity index (χ0) is 24.6. The van der Waals surface area contributed by atoms with E-state index in [0.717, 1.165) is 38.9 Å². The maximum absolute atomic E-state index is 13.1. The molecule has 1 saturated heterocycles. The summed E-state index contributed by atoms with van der Waals surface area (Å²) in [5, 5.41) is 26.8. The lowest BCUT2D eigenvalue weighted by atomic mass is 9.91. The van der Waals surface area contributed by atoms with Gasteiger partial charge in [-0.2, -0.15) is 0 Å². The van der Waals surface area contributed by atoms with Crippen LogP contribution in [0.1, 0.15) is 30.4 Å². The molecule has 1 fully saturated rings. The lowest BCUT2D eigenvalue weighted by Gasteiger charge is -2.32. The highest BCUT2D eigenvalue weighted by atomic mass is 19.1. The van der Waals surface area contributed by atoms with Gasteiger partial charge in [-0.25, -0.2) is 13.9 Å². The highest BCUT2D eigenvalue weighted by Gasteiger charge is 2.20. The fourth-order valence-electron chi connectivity index (χ4n) is 4.61. The molecule has 10 heteroatoms. The summed E-state index contributed by atoms with van der Waals surface area (Å²) < 4.78 is 14.7. The molecule has 2 heterocycles. The average Bonchev–Trinajstić information content (AvgIpc) is 3.29. The number of carbonyl (C=O) groups is 1. The predicted molar refractivity (Wildman–Crippen MR) is 131 cm³/mol. The number of aryl methyl sites for hydroxylation is 1. The van der Waals surface area contributed by atoms with Crippen LogP contribution in [0.15, 0.2) is 42.5 Å². The van der Waals surface area contributed by atoms with Gasteiger partial charge in [-0.05, 0) is 96.6 Å². The molecule has 0 unspecified atom stereocenters. The zero-order valence-electron chi connectivity index (χ0n) is 20.0. The average molecular weight is 482 g/mol. The Labute approximate surface area is 204 Å². The van der Waals surface area contributed by atoms with E-state index in [1.54, 1.807) is 25.2 Å². The van der Waals surface area contributed by atoms with Crippen LogP contribution >= 0.6 is 0 Å². The van der Waals surface area contributed by atoms with E-state index in [1.807, 2.05) is 12.1 Å². The Morgan fingerprint density at radius 3 is 2.77 bits per heavy atom. The lowest BCUT2D eigenvalue weighted by molar-refractivity contribution is 0.172. The molecule has 1 atom stereocenters. The molecule has 2 amide bonds. The number of urea groups is 1. The van der Waals surface area contributed by atoms with Crippen LogP contribution in [0.3, 0.4) is 0 Å². The summed E-state index contributed by atoms with van der Waals surface area (Å²) in [4.78, 5) is 14.9. The molecular weight excluding hydrogens is 449 g/mol. The number of aromatic nitrogens is 4. The van der Waals surface area contributed by atoms with Gasteiger partial charge in [-0.1, -0.05) is 12.1 Å². The van der Waals surface area contributed by atoms with E-state index in [4.69, 9.17) is 0 Å². The maximum Gasteiger partial charge on any atom is 0.319 e. The fourth-order valence-corrected chi connectivity index (χ4v) is 4.61. The van der Waals surface area contributed by atoms with E-state index in [2.05, 4.69) is 31.1 Å². The van der Waals surface area contributed by atoms with Gasteiger partial charge >= 0.3 is 6.03 Å². The molecule has 4 rings (SSSR count). The summed E-state index contributed by atoms with van der Waals surface area (Å²) >= 11 is 0. The Balaban J connectivity index is 1.22. The number of piperidine rings is 1. The second-order valence-electron chi connectivity index (χ2n) is 9.08. The van der Waals surface area contributed by atoms with Gasteiger partial charge in [0.2, 0.25) is 0 Å². The number of amides is 2. The summed E-state index contributed by atoms with van der Waals surface area (Å²) in [6.07, 6.45) is 4.16. The quantitative estimate of drug-likeness (QED) is 0.406. The third-order valence-corrected chi connectivity index (χ3v) is 6.29. The summed E-state index contributed by atoms with van der Waals surface area (Å²) in [6, 6.07) is 11.8.